The molecule has 0 bridgehead atoms. The van der Waals surface area contributed by atoms with Gasteiger partial charge in [0.25, 0.3) is 5.91 Å². The van der Waals surface area contributed by atoms with E-state index in [0.717, 1.165) is 30.2 Å². The van der Waals surface area contributed by atoms with Crippen LogP contribution < -0.4 is 15.8 Å². The molecule has 3 N–H and O–H groups in total. The van der Waals surface area contributed by atoms with Gasteiger partial charge in [-0.15, -0.1) is 12.4 Å². The fourth-order valence-corrected chi connectivity index (χ4v) is 3.23. The van der Waals surface area contributed by atoms with E-state index in [-0.39, 0.29) is 30.5 Å². The molecule has 1 aliphatic carbocycles. The van der Waals surface area contributed by atoms with Gasteiger partial charge in [0.2, 0.25) is 0 Å². The molecule has 2 rings (SSSR count). The Morgan fingerprint density at radius 2 is 2.10 bits per heavy atom. The topological polar surface area (TPSA) is 64.3 Å². The van der Waals surface area contributed by atoms with Crippen molar-refractivity contribution in [3.8, 4) is 5.75 Å². The van der Waals surface area contributed by atoms with Crippen LogP contribution >= 0.6 is 39.9 Å². The fourth-order valence-electron chi connectivity index (χ4n) is 2.50. The predicted molar refractivity (Wildman–Crippen MR) is 90.3 cm³/mol. The lowest BCUT2D eigenvalue weighted by atomic mass is 9.98. The van der Waals surface area contributed by atoms with Crippen LogP contribution in [0.2, 0.25) is 5.02 Å². The smallest absolute Gasteiger partial charge is 0.258 e. The number of amides is 1. The first-order chi connectivity index (χ1) is 9.54. The van der Waals surface area contributed by atoms with Crippen LogP contribution in [0.5, 0.6) is 5.75 Å². The largest absolute Gasteiger partial charge is 0.482 e. The second-order valence-electron chi connectivity index (χ2n) is 5.10. The number of nitrogens with two attached hydrogens (primary N) is 1. The normalized spacial score (nSPS) is 16.1. The maximum atomic E-state index is 12.0. The van der Waals surface area contributed by atoms with Crippen LogP contribution in [0.25, 0.3) is 0 Å². The van der Waals surface area contributed by atoms with Crippen molar-refractivity contribution in [3.05, 3.63) is 27.7 Å². The Bertz CT molecular complexity index is 494. The highest BCUT2D eigenvalue weighted by atomic mass is 79.9. The van der Waals surface area contributed by atoms with E-state index in [1.807, 2.05) is 6.07 Å². The van der Waals surface area contributed by atoms with Crippen molar-refractivity contribution in [2.24, 2.45) is 5.73 Å². The van der Waals surface area contributed by atoms with Crippen molar-refractivity contribution in [2.75, 3.05) is 13.2 Å². The Hall–Kier alpha value is -0.490. The molecule has 0 saturated heterocycles. The Kier molecular flexibility index (Phi) is 7.27. The van der Waals surface area contributed by atoms with Gasteiger partial charge in [-0.05, 0) is 31.0 Å². The summed E-state index contributed by atoms with van der Waals surface area (Å²) in [5.74, 6) is 0.342. The SMILES string of the molecule is Cl.NCC1(NC(=O)COc2ccc(Br)cc2Cl)CCCC1. The highest BCUT2D eigenvalue weighted by Crippen LogP contribution is 2.29. The molecule has 118 valence electrons. The third kappa shape index (κ3) is 5.02. The van der Waals surface area contributed by atoms with Gasteiger partial charge in [0.15, 0.2) is 6.61 Å². The quantitative estimate of drug-likeness (QED) is 0.801. The molecule has 0 spiro atoms. The summed E-state index contributed by atoms with van der Waals surface area (Å²) in [6.45, 7) is 0.418. The molecular formula is C14H19BrCl2N2O2. The summed E-state index contributed by atoms with van der Waals surface area (Å²) < 4.78 is 6.32. The summed E-state index contributed by atoms with van der Waals surface area (Å²) in [5, 5.41) is 3.48. The zero-order chi connectivity index (χ0) is 14.6. The van der Waals surface area contributed by atoms with Gasteiger partial charge in [-0.3, -0.25) is 4.79 Å². The number of hydrogen-bond donors (Lipinski definition) is 2. The molecule has 21 heavy (non-hydrogen) atoms. The van der Waals surface area contributed by atoms with Gasteiger partial charge in [-0.25, -0.2) is 0 Å². The molecule has 0 aromatic heterocycles. The van der Waals surface area contributed by atoms with E-state index in [4.69, 9.17) is 22.1 Å². The third-order valence-corrected chi connectivity index (χ3v) is 4.40. The van der Waals surface area contributed by atoms with Crippen LogP contribution in [-0.4, -0.2) is 24.6 Å². The van der Waals surface area contributed by atoms with Gasteiger partial charge in [0, 0.05) is 11.0 Å². The maximum Gasteiger partial charge on any atom is 0.258 e. The average Bonchev–Trinajstić information content (AvgIpc) is 2.87. The second kappa shape index (κ2) is 8.22. The Morgan fingerprint density at radius 1 is 1.43 bits per heavy atom. The number of rotatable bonds is 5. The standard InChI is InChI=1S/C14H18BrClN2O2.ClH/c15-10-3-4-12(11(16)7-10)20-8-13(19)18-14(9-17)5-1-2-6-14;/h3-4,7H,1-2,5-6,8-9,17H2,(H,18,19);1H. The Morgan fingerprint density at radius 3 is 2.67 bits per heavy atom. The van der Waals surface area contributed by atoms with Crippen LogP contribution in [0.3, 0.4) is 0 Å². The third-order valence-electron chi connectivity index (χ3n) is 3.61. The summed E-state index contributed by atoms with van der Waals surface area (Å²) in [6.07, 6.45) is 4.09. The molecule has 0 aliphatic heterocycles. The molecule has 1 amide bonds. The minimum atomic E-state index is -0.246. The monoisotopic (exact) mass is 396 g/mol. The van der Waals surface area contributed by atoms with Gasteiger partial charge in [0.1, 0.15) is 5.75 Å². The van der Waals surface area contributed by atoms with Crippen molar-refractivity contribution in [1.82, 2.24) is 5.32 Å². The highest BCUT2D eigenvalue weighted by Gasteiger charge is 2.33. The van der Waals surface area contributed by atoms with E-state index >= 15 is 0 Å². The summed E-state index contributed by atoms with van der Waals surface area (Å²) in [4.78, 5) is 12.0. The van der Waals surface area contributed by atoms with Crippen LogP contribution in [0, 0.1) is 0 Å². The number of nitrogens with one attached hydrogen (secondary N) is 1. The van der Waals surface area contributed by atoms with E-state index in [1.165, 1.54) is 0 Å². The van der Waals surface area contributed by atoms with Crippen LogP contribution in [0.4, 0.5) is 0 Å². The summed E-state index contributed by atoms with van der Waals surface area (Å²) in [5.41, 5.74) is 5.54. The molecule has 0 unspecified atom stereocenters. The van der Waals surface area contributed by atoms with Crippen molar-refractivity contribution >= 4 is 45.8 Å². The van der Waals surface area contributed by atoms with Crippen molar-refractivity contribution in [3.63, 3.8) is 0 Å². The summed E-state index contributed by atoms with van der Waals surface area (Å²) in [6, 6.07) is 5.28. The first kappa shape index (κ1) is 18.6. The molecular weight excluding hydrogens is 379 g/mol. The first-order valence-corrected chi connectivity index (χ1v) is 7.81. The lowest BCUT2D eigenvalue weighted by molar-refractivity contribution is -0.124. The van der Waals surface area contributed by atoms with Gasteiger partial charge < -0.3 is 15.8 Å². The molecule has 1 saturated carbocycles. The zero-order valence-electron chi connectivity index (χ0n) is 11.5. The average molecular weight is 398 g/mol. The molecule has 0 atom stereocenters. The van der Waals surface area contributed by atoms with Crippen molar-refractivity contribution < 1.29 is 9.53 Å². The number of benzene rings is 1. The highest BCUT2D eigenvalue weighted by molar-refractivity contribution is 9.10. The van der Waals surface area contributed by atoms with Crippen LogP contribution in [0.1, 0.15) is 25.7 Å². The van der Waals surface area contributed by atoms with Crippen LogP contribution in [-0.2, 0) is 4.79 Å². The molecule has 0 radical (unpaired) electrons. The molecule has 1 aromatic rings. The Labute approximate surface area is 144 Å². The maximum absolute atomic E-state index is 12.0. The summed E-state index contributed by atoms with van der Waals surface area (Å²) >= 11 is 9.35. The minimum Gasteiger partial charge on any atom is -0.482 e. The van der Waals surface area contributed by atoms with Gasteiger partial charge in [0.05, 0.1) is 10.6 Å². The lowest BCUT2D eigenvalue weighted by Gasteiger charge is -2.28. The number of ether oxygens (including phenoxy) is 1. The van der Waals surface area contributed by atoms with Gasteiger partial charge in [-0.2, -0.15) is 0 Å². The number of hydrogen-bond acceptors (Lipinski definition) is 3. The predicted octanol–water partition coefficient (Wildman–Crippen LogP) is 3.29. The minimum absolute atomic E-state index is 0. The number of carbonyl (C=O) groups is 1. The molecule has 4 nitrogen and oxygen atoms in total. The molecule has 1 fully saturated rings. The fraction of sp³-hybridized carbons (Fsp3) is 0.500. The molecule has 0 heterocycles. The number of carbonyl (C=O) groups excluding carboxylic acids is 1. The van der Waals surface area contributed by atoms with E-state index in [9.17, 15) is 4.79 Å². The first-order valence-electron chi connectivity index (χ1n) is 6.64. The lowest BCUT2D eigenvalue weighted by Crippen LogP contribution is -2.52. The van der Waals surface area contributed by atoms with E-state index in [1.54, 1.807) is 12.1 Å². The van der Waals surface area contributed by atoms with Crippen molar-refractivity contribution in [1.29, 1.82) is 0 Å². The van der Waals surface area contributed by atoms with Crippen molar-refractivity contribution in [2.45, 2.75) is 31.2 Å². The zero-order valence-corrected chi connectivity index (χ0v) is 14.7. The van der Waals surface area contributed by atoms with Crippen LogP contribution in [0.15, 0.2) is 22.7 Å². The molecule has 7 heteroatoms. The van der Waals surface area contributed by atoms with E-state index in [2.05, 4.69) is 21.2 Å². The molecule has 1 aliphatic rings. The molecule has 1 aromatic carbocycles. The number of halogens is 3. The summed E-state index contributed by atoms with van der Waals surface area (Å²) in [7, 11) is 0. The van der Waals surface area contributed by atoms with Gasteiger partial charge >= 0.3 is 0 Å². The van der Waals surface area contributed by atoms with E-state index < -0.39 is 0 Å². The second-order valence-corrected chi connectivity index (χ2v) is 6.43. The van der Waals surface area contributed by atoms with E-state index in [0.29, 0.717) is 17.3 Å². The van der Waals surface area contributed by atoms with Gasteiger partial charge in [-0.1, -0.05) is 40.4 Å². The Balaban J connectivity index is 0.00000220.